The first-order chi connectivity index (χ1) is 13.9. The highest BCUT2D eigenvalue weighted by Crippen LogP contribution is 2.24. The van der Waals surface area contributed by atoms with Gasteiger partial charge in [-0.2, -0.15) is 0 Å². The van der Waals surface area contributed by atoms with Gasteiger partial charge in [0.1, 0.15) is 5.82 Å². The van der Waals surface area contributed by atoms with Crippen molar-refractivity contribution in [1.29, 1.82) is 0 Å². The molecular formula is C20H18FN3O4S. The standard InChI is InChI=1S/C20H18FN3O4S/c1-12(2)27-19(26)15-5-3-4-6-16(15)22-17(25)11-29-20-24-23-18(28-20)13-7-9-14(21)10-8-13/h3-10,12H,11H2,1-2H3,(H,22,25). The Labute approximate surface area is 170 Å². The lowest BCUT2D eigenvalue weighted by Crippen LogP contribution is -2.18. The van der Waals surface area contributed by atoms with Gasteiger partial charge in [-0.1, -0.05) is 23.9 Å². The van der Waals surface area contributed by atoms with Gasteiger partial charge in [0.2, 0.25) is 11.8 Å². The van der Waals surface area contributed by atoms with Gasteiger partial charge in [-0.3, -0.25) is 4.79 Å². The lowest BCUT2D eigenvalue weighted by atomic mass is 10.2. The predicted molar refractivity (Wildman–Crippen MR) is 106 cm³/mol. The summed E-state index contributed by atoms with van der Waals surface area (Å²) in [6, 6.07) is 12.2. The van der Waals surface area contributed by atoms with Gasteiger partial charge in [0.05, 0.1) is 23.1 Å². The first-order valence-electron chi connectivity index (χ1n) is 8.74. The number of thioether (sulfide) groups is 1. The van der Waals surface area contributed by atoms with Crippen LogP contribution in [0.2, 0.25) is 0 Å². The largest absolute Gasteiger partial charge is 0.459 e. The predicted octanol–water partition coefficient (Wildman–Crippen LogP) is 4.17. The smallest absolute Gasteiger partial charge is 0.340 e. The van der Waals surface area contributed by atoms with Crippen molar-refractivity contribution in [3.63, 3.8) is 0 Å². The molecule has 1 amide bonds. The highest BCUT2D eigenvalue weighted by molar-refractivity contribution is 7.99. The molecule has 0 unspecified atom stereocenters. The molecule has 0 saturated carbocycles. The molecule has 1 heterocycles. The average Bonchev–Trinajstić information content (AvgIpc) is 3.16. The molecule has 0 saturated heterocycles. The van der Waals surface area contributed by atoms with E-state index in [9.17, 15) is 14.0 Å². The number of para-hydroxylation sites is 1. The number of carbonyl (C=O) groups is 2. The second-order valence-electron chi connectivity index (χ2n) is 6.22. The number of hydrogen-bond donors (Lipinski definition) is 1. The van der Waals surface area contributed by atoms with Gasteiger partial charge in [-0.25, -0.2) is 9.18 Å². The molecule has 0 bridgehead atoms. The summed E-state index contributed by atoms with van der Waals surface area (Å²) in [5.74, 6) is -0.990. The Bertz CT molecular complexity index is 1000. The van der Waals surface area contributed by atoms with E-state index in [1.165, 1.54) is 24.3 Å². The van der Waals surface area contributed by atoms with Gasteiger partial charge >= 0.3 is 5.97 Å². The van der Waals surface area contributed by atoms with E-state index in [1.54, 1.807) is 38.1 Å². The number of nitrogens with one attached hydrogen (secondary N) is 1. The van der Waals surface area contributed by atoms with Gasteiger partial charge in [0.15, 0.2) is 0 Å². The van der Waals surface area contributed by atoms with Gasteiger partial charge in [0.25, 0.3) is 5.22 Å². The van der Waals surface area contributed by atoms with Crippen molar-refractivity contribution in [3.8, 4) is 11.5 Å². The molecular weight excluding hydrogens is 397 g/mol. The van der Waals surface area contributed by atoms with Crippen LogP contribution in [0.25, 0.3) is 11.5 Å². The minimum atomic E-state index is -0.510. The van der Waals surface area contributed by atoms with Crippen LogP contribution in [0.4, 0.5) is 10.1 Å². The molecule has 150 valence electrons. The summed E-state index contributed by atoms with van der Waals surface area (Å²) in [5.41, 5.74) is 1.21. The second-order valence-corrected chi connectivity index (χ2v) is 7.14. The first kappa shape index (κ1) is 20.5. The maximum absolute atomic E-state index is 13.0. The Morgan fingerprint density at radius 2 is 1.86 bits per heavy atom. The number of hydrogen-bond acceptors (Lipinski definition) is 7. The number of halogens is 1. The van der Waals surface area contributed by atoms with Crippen LogP contribution in [-0.4, -0.2) is 33.9 Å². The molecule has 7 nitrogen and oxygen atoms in total. The normalized spacial score (nSPS) is 10.8. The number of esters is 1. The number of ether oxygens (including phenoxy) is 1. The summed E-state index contributed by atoms with van der Waals surface area (Å²) in [6.07, 6.45) is -0.269. The number of nitrogens with zero attached hydrogens (tertiary/aromatic N) is 2. The molecule has 0 aliphatic heterocycles. The molecule has 0 aliphatic rings. The van der Waals surface area contributed by atoms with Crippen molar-refractivity contribution in [1.82, 2.24) is 10.2 Å². The monoisotopic (exact) mass is 415 g/mol. The Morgan fingerprint density at radius 3 is 2.59 bits per heavy atom. The van der Waals surface area contributed by atoms with Crippen LogP contribution in [0, 0.1) is 5.82 Å². The third-order valence-electron chi connectivity index (χ3n) is 3.59. The minimum absolute atomic E-state index is 0.00138. The second kappa shape index (κ2) is 9.33. The van der Waals surface area contributed by atoms with Gasteiger partial charge in [0, 0.05) is 5.56 Å². The molecule has 2 aromatic carbocycles. The van der Waals surface area contributed by atoms with E-state index in [1.807, 2.05) is 0 Å². The lowest BCUT2D eigenvalue weighted by Gasteiger charge is -2.12. The Hall–Kier alpha value is -3.20. The quantitative estimate of drug-likeness (QED) is 0.457. The first-order valence-corrected chi connectivity index (χ1v) is 9.73. The summed E-state index contributed by atoms with van der Waals surface area (Å²) < 4.78 is 23.7. The maximum atomic E-state index is 13.0. The Kier molecular flexibility index (Phi) is 6.61. The zero-order valence-electron chi connectivity index (χ0n) is 15.7. The third kappa shape index (κ3) is 5.64. The Morgan fingerprint density at radius 1 is 1.14 bits per heavy atom. The van der Waals surface area contributed by atoms with E-state index in [0.29, 0.717) is 11.3 Å². The zero-order valence-corrected chi connectivity index (χ0v) is 16.5. The summed E-state index contributed by atoms with van der Waals surface area (Å²) in [5, 5.41) is 10.6. The van der Waals surface area contributed by atoms with E-state index in [2.05, 4.69) is 15.5 Å². The van der Waals surface area contributed by atoms with Gasteiger partial charge < -0.3 is 14.5 Å². The SMILES string of the molecule is CC(C)OC(=O)c1ccccc1NC(=O)CSc1nnc(-c2ccc(F)cc2)o1. The van der Waals surface area contributed by atoms with E-state index in [4.69, 9.17) is 9.15 Å². The van der Waals surface area contributed by atoms with Gasteiger partial charge in [-0.05, 0) is 50.2 Å². The molecule has 3 rings (SSSR count). The van der Waals surface area contributed by atoms with Crippen molar-refractivity contribution in [3.05, 3.63) is 59.9 Å². The van der Waals surface area contributed by atoms with Crippen molar-refractivity contribution >= 4 is 29.3 Å². The van der Waals surface area contributed by atoms with Crippen molar-refractivity contribution in [2.75, 3.05) is 11.1 Å². The van der Waals surface area contributed by atoms with E-state index < -0.39 is 5.97 Å². The minimum Gasteiger partial charge on any atom is -0.459 e. The number of amides is 1. The molecule has 0 radical (unpaired) electrons. The number of rotatable bonds is 7. The molecule has 0 atom stereocenters. The fourth-order valence-corrected chi connectivity index (χ4v) is 2.90. The molecule has 9 heteroatoms. The zero-order chi connectivity index (χ0) is 20.8. The molecule has 29 heavy (non-hydrogen) atoms. The number of carbonyl (C=O) groups excluding carboxylic acids is 2. The average molecular weight is 415 g/mol. The molecule has 1 aromatic heterocycles. The van der Waals surface area contributed by atoms with E-state index in [0.717, 1.165) is 11.8 Å². The van der Waals surface area contributed by atoms with E-state index >= 15 is 0 Å². The molecule has 0 aliphatic carbocycles. The van der Waals surface area contributed by atoms with Crippen molar-refractivity contribution < 1.29 is 23.1 Å². The van der Waals surface area contributed by atoms with Crippen LogP contribution < -0.4 is 5.32 Å². The molecule has 3 aromatic rings. The summed E-state index contributed by atoms with van der Waals surface area (Å²) in [6.45, 7) is 3.50. The summed E-state index contributed by atoms with van der Waals surface area (Å²) >= 11 is 1.05. The van der Waals surface area contributed by atoms with Crippen LogP contribution in [0.1, 0.15) is 24.2 Å². The highest BCUT2D eigenvalue weighted by atomic mass is 32.2. The fraction of sp³-hybridized carbons (Fsp3) is 0.200. The maximum Gasteiger partial charge on any atom is 0.340 e. The molecule has 0 fully saturated rings. The van der Waals surface area contributed by atoms with Crippen molar-refractivity contribution in [2.24, 2.45) is 0 Å². The number of aromatic nitrogens is 2. The molecule has 1 N–H and O–H groups in total. The lowest BCUT2D eigenvalue weighted by molar-refractivity contribution is -0.113. The number of anilines is 1. The van der Waals surface area contributed by atoms with E-state index in [-0.39, 0.29) is 40.3 Å². The van der Waals surface area contributed by atoms with Crippen LogP contribution in [0.15, 0.2) is 58.2 Å². The van der Waals surface area contributed by atoms with Crippen LogP contribution in [-0.2, 0) is 9.53 Å². The fourth-order valence-electron chi connectivity index (χ4n) is 2.34. The number of benzene rings is 2. The van der Waals surface area contributed by atoms with Crippen LogP contribution in [0.3, 0.4) is 0 Å². The third-order valence-corrected chi connectivity index (χ3v) is 4.41. The highest BCUT2D eigenvalue weighted by Gasteiger charge is 2.16. The Balaban J connectivity index is 1.60. The summed E-state index contributed by atoms with van der Waals surface area (Å²) in [4.78, 5) is 24.4. The van der Waals surface area contributed by atoms with Crippen LogP contribution >= 0.6 is 11.8 Å². The summed E-state index contributed by atoms with van der Waals surface area (Å²) in [7, 11) is 0. The topological polar surface area (TPSA) is 94.3 Å². The molecule has 0 spiro atoms. The van der Waals surface area contributed by atoms with Crippen LogP contribution in [0.5, 0.6) is 0 Å². The van der Waals surface area contributed by atoms with Crippen molar-refractivity contribution in [2.45, 2.75) is 25.2 Å². The van der Waals surface area contributed by atoms with Gasteiger partial charge in [-0.15, -0.1) is 10.2 Å².